The number of hydrogen-bond donors (Lipinski definition) is 0. The molecule has 0 aliphatic rings. The Morgan fingerprint density at radius 1 is 1.67 bits per heavy atom. The van der Waals surface area contributed by atoms with E-state index >= 15 is 0 Å². The van der Waals surface area contributed by atoms with Crippen molar-refractivity contribution in [1.82, 2.24) is 4.98 Å². The Bertz CT molecular complexity index is 501. The molecule has 1 heterocycles. The van der Waals surface area contributed by atoms with Gasteiger partial charge in [0, 0.05) is 0 Å². The van der Waals surface area contributed by atoms with Crippen LogP contribution >= 0.6 is 11.6 Å². The van der Waals surface area contributed by atoms with Gasteiger partial charge in [0.15, 0.2) is 0 Å². The van der Waals surface area contributed by atoms with E-state index in [4.69, 9.17) is 16.9 Å². The van der Waals surface area contributed by atoms with Crippen LogP contribution in [-0.4, -0.2) is 17.6 Å². The van der Waals surface area contributed by atoms with Gasteiger partial charge in [-0.05, 0) is 13.0 Å². The van der Waals surface area contributed by atoms with Crippen molar-refractivity contribution in [3.05, 3.63) is 28.0 Å². The molecule has 1 aromatic heterocycles. The lowest BCUT2D eigenvalue weighted by molar-refractivity contribution is -0.142. The number of ether oxygens (including phenoxy) is 1. The summed E-state index contributed by atoms with van der Waals surface area (Å²) in [5.41, 5.74) is -0.719. The number of carbonyl (C=O) groups excluding carboxylic acids is 1. The third-order valence-corrected chi connectivity index (χ3v) is 2.33. The van der Waals surface area contributed by atoms with Gasteiger partial charge in [0.1, 0.15) is 11.8 Å². The maximum atomic E-state index is 12.6. The molecule has 0 saturated heterocycles. The lowest BCUT2D eigenvalue weighted by Gasteiger charge is -2.08. The van der Waals surface area contributed by atoms with E-state index in [9.17, 15) is 13.6 Å². The number of halogens is 3. The SMILES string of the molecule is CCOC(=O)Cc1nc(C(F)F)c(Cl)cc1C#N. The summed E-state index contributed by atoms with van der Waals surface area (Å²) in [4.78, 5) is 14.8. The molecule has 0 N–H and O–H groups in total. The van der Waals surface area contributed by atoms with E-state index in [1.54, 1.807) is 13.0 Å². The molecular weight excluding hydrogens is 266 g/mol. The van der Waals surface area contributed by atoms with Crippen LogP contribution in [0, 0.1) is 11.3 Å². The van der Waals surface area contributed by atoms with Gasteiger partial charge < -0.3 is 4.74 Å². The minimum atomic E-state index is -2.87. The Kier molecular flexibility index (Phi) is 4.98. The summed E-state index contributed by atoms with van der Waals surface area (Å²) in [6.07, 6.45) is -3.21. The van der Waals surface area contributed by atoms with Crippen LogP contribution in [0.1, 0.15) is 30.3 Å². The first-order chi connectivity index (χ1) is 8.49. The topological polar surface area (TPSA) is 63.0 Å². The molecule has 0 spiro atoms. The highest BCUT2D eigenvalue weighted by Gasteiger charge is 2.19. The molecule has 0 aromatic carbocycles. The molecule has 4 nitrogen and oxygen atoms in total. The Morgan fingerprint density at radius 3 is 2.83 bits per heavy atom. The van der Waals surface area contributed by atoms with Crippen molar-refractivity contribution in [2.75, 3.05) is 6.61 Å². The lowest BCUT2D eigenvalue weighted by Crippen LogP contribution is -2.11. The van der Waals surface area contributed by atoms with Crippen LogP contribution in [0.25, 0.3) is 0 Å². The van der Waals surface area contributed by atoms with Crippen LogP contribution in [0.3, 0.4) is 0 Å². The fourth-order valence-corrected chi connectivity index (χ4v) is 1.51. The predicted molar refractivity (Wildman–Crippen MR) is 59.3 cm³/mol. The quantitative estimate of drug-likeness (QED) is 0.792. The largest absolute Gasteiger partial charge is 0.466 e. The lowest BCUT2D eigenvalue weighted by atomic mass is 10.1. The number of aromatic nitrogens is 1. The van der Waals surface area contributed by atoms with Gasteiger partial charge in [0.25, 0.3) is 6.43 Å². The monoisotopic (exact) mass is 274 g/mol. The Labute approximate surface area is 107 Å². The summed E-state index contributed by atoms with van der Waals surface area (Å²) >= 11 is 5.56. The summed E-state index contributed by atoms with van der Waals surface area (Å²) in [5, 5.41) is 8.53. The number of pyridine rings is 1. The maximum absolute atomic E-state index is 12.6. The van der Waals surface area contributed by atoms with Crippen LogP contribution in [0.5, 0.6) is 0 Å². The first kappa shape index (κ1) is 14.3. The number of carbonyl (C=O) groups is 1. The van der Waals surface area contributed by atoms with E-state index in [2.05, 4.69) is 9.72 Å². The van der Waals surface area contributed by atoms with Gasteiger partial charge in [0.05, 0.1) is 29.3 Å². The molecule has 0 radical (unpaired) electrons. The number of alkyl halides is 2. The van der Waals surface area contributed by atoms with E-state index in [1.807, 2.05) is 0 Å². The van der Waals surface area contributed by atoms with Gasteiger partial charge in [-0.3, -0.25) is 4.79 Å². The Hall–Kier alpha value is -1.74. The van der Waals surface area contributed by atoms with Crippen LogP contribution in [0.4, 0.5) is 8.78 Å². The van der Waals surface area contributed by atoms with Crippen molar-refractivity contribution in [3.8, 4) is 6.07 Å². The molecule has 96 valence electrons. The fourth-order valence-electron chi connectivity index (χ4n) is 1.28. The summed E-state index contributed by atoms with van der Waals surface area (Å²) in [6, 6.07) is 2.82. The van der Waals surface area contributed by atoms with Crippen molar-refractivity contribution in [3.63, 3.8) is 0 Å². The third kappa shape index (κ3) is 3.37. The molecule has 0 unspecified atom stereocenters. The third-order valence-electron chi connectivity index (χ3n) is 2.03. The van der Waals surface area contributed by atoms with E-state index in [1.165, 1.54) is 0 Å². The second-order valence-electron chi connectivity index (χ2n) is 3.24. The fraction of sp³-hybridized carbons (Fsp3) is 0.364. The molecule has 0 fully saturated rings. The average molecular weight is 275 g/mol. The van der Waals surface area contributed by atoms with Crippen LogP contribution in [-0.2, 0) is 16.0 Å². The zero-order valence-corrected chi connectivity index (χ0v) is 10.2. The molecule has 0 saturated carbocycles. The molecule has 0 aliphatic heterocycles. The van der Waals surface area contributed by atoms with E-state index < -0.39 is 18.1 Å². The van der Waals surface area contributed by atoms with Gasteiger partial charge in [-0.2, -0.15) is 5.26 Å². The standard InChI is InChI=1S/C11H9ClF2N2O2/c1-2-18-9(17)4-8-6(5-15)3-7(12)10(16-8)11(13)14/h3,11H,2,4H2,1H3. The molecule has 0 atom stereocenters. The second kappa shape index (κ2) is 6.26. The smallest absolute Gasteiger partial charge is 0.311 e. The Balaban J connectivity index is 3.13. The van der Waals surface area contributed by atoms with Crippen LogP contribution in [0.15, 0.2) is 6.07 Å². The number of esters is 1. The van der Waals surface area contributed by atoms with Gasteiger partial charge >= 0.3 is 5.97 Å². The maximum Gasteiger partial charge on any atom is 0.311 e. The first-order valence-electron chi connectivity index (χ1n) is 5.02. The molecule has 7 heteroatoms. The van der Waals surface area contributed by atoms with Crippen molar-refractivity contribution in [2.24, 2.45) is 0 Å². The van der Waals surface area contributed by atoms with Crippen molar-refractivity contribution in [1.29, 1.82) is 5.26 Å². The zero-order valence-electron chi connectivity index (χ0n) is 9.41. The molecular formula is C11H9ClF2N2O2. The average Bonchev–Trinajstić information content (AvgIpc) is 2.30. The summed E-state index contributed by atoms with van der Waals surface area (Å²) in [5.74, 6) is -0.635. The Morgan fingerprint density at radius 2 is 2.33 bits per heavy atom. The van der Waals surface area contributed by atoms with Crippen molar-refractivity contribution in [2.45, 2.75) is 19.8 Å². The van der Waals surface area contributed by atoms with Gasteiger partial charge in [-0.15, -0.1) is 0 Å². The highest BCUT2D eigenvalue weighted by molar-refractivity contribution is 6.31. The van der Waals surface area contributed by atoms with Crippen molar-refractivity contribution < 1.29 is 18.3 Å². The number of nitrogens with zero attached hydrogens (tertiary/aromatic N) is 2. The minimum absolute atomic E-state index is 0.0162. The first-order valence-corrected chi connectivity index (χ1v) is 5.40. The molecule has 18 heavy (non-hydrogen) atoms. The number of hydrogen-bond acceptors (Lipinski definition) is 4. The summed E-state index contributed by atoms with van der Waals surface area (Å²) in [6.45, 7) is 1.78. The van der Waals surface area contributed by atoms with Gasteiger partial charge in [0.2, 0.25) is 0 Å². The molecule has 0 aliphatic carbocycles. The van der Waals surface area contributed by atoms with Gasteiger partial charge in [-0.25, -0.2) is 13.8 Å². The highest BCUT2D eigenvalue weighted by Crippen LogP contribution is 2.27. The molecule has 1 aromatic rings. The van der Waals surface area contributed by atoms with Gasteiger partial charge in [-0.1, -0.05) is 11.6 Å². The number of nitriles is 1. The zero-order chi connectivity index (χ0) is 13.7. The molecule has 1 rings (SSSR count). The summed E-state index contributed by atoms with van der Waals surface area (Å²) in [7, 11) is 0. The van der Waals surface area contributed by atoms with E-state index in [0.29, 0.717) is 0 Å². The van der Waals surface area contributed by atoms with E-state index in [-0.39, 0.29) is 29.3 Å². The van der Waals surface area contributed by atoms with Crippen LogP contribution in [0.2, 0.25) is 5.02 Å². The van der Waals surface area contributed by atoms with E-state index in [0.717, 1.165) is 6.07 Å². The molecule has 0 bridgehead atoms. The second-order valence-corrected chi connectivity index (χ2v) is 3.65. The minimum Gasteiger partial charge on any atom is -0.466 e. The van der Waals surface area contributed by atoms with Crippen molar-refractivity contribution >= 4 is 17.6 Å². The summed E-state index contributed by atoms with van der Waals surface area (Å²) < 4.78 is 29.8. The normalized spacial score (nSPS) is 10.2. The number of rotatable bonds is 4. The predicted octanol–water partition coefficient (Wildman–Crippen LogP) is 2.65. The highest BCUT2D eigenvalue weighted by atomic mass is 35.5. The molecule has 0 amide bonds. The van der Waals surface area contributed by atoms with Crippen LogP contribution < -0.4 is 0 Å².